The number of anilines is 3. The van der Waals surface area contributed by atoms with Crippen molar-refractivity contribution in [2.45, 2.75) is 0 Å². The molecule has 0 aromatic heterocycles. The van der Waals surface area contributed by atoms with Crippen molar-refractivity contribution in [1.82, 2.24) is 0 Å². The summed E-state index contributed by atoms with van der Waals surface area (Å²) >= 11 is 0. The highest BCUT2D eigenvalue weighted by Gasteiger charge is 2.14. The van der Waals surface area contributed by atoms with Gasteiger partial charge in [0.25, 0.3) is 0 Å². The number of fused-ring (bicyclic) bond motifs is 1. The Kier molecular flexibility index (Phi) is 8.66. The summed E-state index contributed by atoms with van der Waals surface area (Å²) in [7, 11) is 0. The number of benzene rings is 9. The van der Waals surface area contributed by atoms with E-state index in [4.69, 9.17) is 0 Å². The van der Waals surface area contributed by atoms with Gasteiger partial charge in [-0.15, -0.1) is 0 Å². The van der Waals surface area contributed by atoms with E-state index in [0.717, 1.165) is 17.1 Å². The topological polar surface area (TPSA) is 3.24 Å². The Morgan fingerprint density at radius 2 is 0.491 bits per heavy atom. The van der Waals surface area contributed by atoms with Crippen molar-refractivity contribution in [1.29, 1.82) is 0 Å². The fourth-order valence-electron chi connectivity index (χ4n) is 7.22. The number of hydrogen-bond donors (Lipinski definition) is 0. The SMILES string of the molecule is c1ccc(-c2ccc(N(c3ccc(-c4ccc(-c5ccc6ccccc6c5)cc4)cc3)c3ccc(-c4cccc(-c5ccccc5)c4)cc3)cc2)cc1. The van der Waals surface area contributed by atoms with Crippen LogP contribution in [0.2, 0.25) is 0 Å². The van der Waals surface area contributed by atoms with Gasteiger partial charge in [0.2, 0.25) is 0 Å². The van der Waals surface area contributed by atoms with E-state index in [0.29, 0.717) is 0 Å². The molecule has 0 saturated carbocycles. The minimum atomic E-state index is 1.10. The third-order valence-corrected chi connectivity index (χ3v) is 10.1. The molecule has 0 saturated heterocycles. The van der Waals surface area contributed by atoms with Crippen LogP contribution < -0.4 is 4.90 Å². The third kappa shape index (κ3) is 6.77. The highest BCUT2D eigenvalue weighted by atomic mass is 15.1. The molecule has 0 aliphatic heterocycles. The van der Waals surface area contributed by atoms with Gasteiger partial charge in [-0.05, 0) is 115 Å². The molecule has 0 unspecified atom stereocenters. The molecule has 0 atom stereocenters. The number of hydrogen-bond acceptors (Lipinski definition) is 1. The molecule has 1 heteroatoms. The van der Waals surface area contributed by atoms with Crippen LogP contribution in [0.25, 0.3) is 66.4 Å². The van der Waals surface area contributed by atoms with E-state index in [1.807, 2.05) is 0 Å². The van der Waals surface area contributed by atoms with Gasteiger partial charge in [0.15, 0.2) is 0 Å². The molecule has 0 aliphatic carbocycles. The highest BCUT2D eigenvalue weighted by Crippen LogP contribution is 2.38. The second kappa shape index (κ2) is 14.3. The predicted molar refractivity (Wildman–Crippen MR) is 226 cm³/mol. The lowest BCUT2D eigenvalue weighted by Gasteiger charge is -2.26. The molecule has 250 valence electrons. The minimum absolute atomic E-state index is 1.10. The van der Waals surface area contributed by atoms with Crippen LogP contribution in [0, 0.1) is 0 Å². The van der Waals surface area contributed by atoms with Gasteiger partial charge in [-0.2, -0.15) is 0 Å². The van der Waals surface area contributed by atoms with E-state index >= 15 is 0 Å². The Bertz CT molecular complexity index is 2610. The summed E-state index contributed by atoms with van der Waals surface area (Å²) in [5.41, 5.74) is 15.4. The average Bonchev–Trinajstić information content (AvgIpc) is 3.25. The second-order valence-corrected chi connectivity index (χ2v) is 13.4. The summed E-state index contributed by atoms with van der Waals surface area (Å²) in [6, 6.07) is 80.7. The van der Waals surface area contributed by atoms with Gasteiger partial charge < -0.3 is 4.90 Å². The molecule has 0 heterocycles. The van der Waals surface area contributed by atoms with Crippen LogP contribution in [0.5, 0.6) is 0 Å². The summed E-state index contributed by atoms with van der Waals surface area (Å²) in [6.07, 6.45) is 0. The third-order valence-electron chi connectivity index (χ3n) is 10.1. The molecule has 9 aromatic rings. The zero-order valence-electron chi connectivity index (χ0n) is 29.3. The van der Waals surface area contributed by atoms with Crippen LogP contribution in [-0.4, -0.2) is 0 Å². The van der Waals surface area contributed by atoms with Crippen LogP contribution >= 0.6 is 0 Å². The largest absolute Gasteiger partial charge is 0.311 e. The van der Waals surface area contributed by atoms with Gasteiger partial charge in [-0.3, -0.25) is 0 Å². The average molecular weight is 676 g/mol. The van der Waals surface area contributed by atoms with Crippen LogP contribution in [0.1, 0.15) is 0 Å². The molecule has 0 fully saturated rings. The molecule has 53 heavy (non-hydrogen) atoms. The van der Waals surface area contributed by atoms with E-state index < -0.39 is 0 Å². The maximum absolute atomic E-state index is 2.34. The van der Waals surface area contributed by atoms with Gasteiger partial charge in [0.1, 0.15) is 0 Å². The minimum Gasteiger partial charge on any atom is -0.311 e. The first-order valence-electron chi connectivity index (χ1n) is 18.2. The normalized spacial score (nSPS) is 11.0. The molecule has 0 bridgehead atoms. The summed E-state index contributed by atoms with van der Waals surface area (Å²) in [4.78, 5) is 2.34. The molecule has 0 aliphatic rings. The quantitative estimate of drug-likeness (QED) is 0.155. The van der Waals surface area contributed by atoms with Crippen molar-refractivity contribution in [2.75, 3.05) is 4.90 Å². The number of rotatable bonds is 8. The standard InChI is InChI=1S/C52H37N/c1-3-10-38(11-4-1)42-24-30-50(31-25-42)53(52-34-28-45(29-35-52)48-17-9-16-47(36-48)39-12-5-2-6-13-39)51-32-26-43(27-33-51)41-18-20-44(21-19-41)49-23-22-40-14-7-8-15-46(40)37-49/h1-37H. The molecule has 1 nitrogen and oxygen atoms in total. The maximum Gasteiger partial charge on any atom is 0.0462 e. The molecular weight excluding hydrogens is 639 g/mol. The fraction of sp³-hybridized carbons (Fsp3) is 0. The fourth-order valence-corrected chi connectivity index (χ4v) is 7.22. The molecule has 0 N–H and O–H groups in total. The Morgan fingerprint density at radius 3 is 0.962 bits per heavy atom. The molecule has 0 spiro atoms. The first-order chi connectivity index (χ1) is 26.2. The lowest BCUT2D eigenvalue weighted by Crippen LogP contribution is -2.09. The van der Waals surface area contributed by atoms with Crippen LogP contribution in [0.15, 0.2) is 224 Å². The van der Waals surface area contributed by atoms with E-state index in [9.17, 15) is 0 Å². The van der Waals surface area contributed by atoms with Crippen molar-refractivity contribution >= 4 is 27.8 Å². The molecule has 0 amide bonds. The Hall–Kier alpha value is -6.96. The first-order valence-corrected chi connectivity index (χ1v) is 18.2. The van der Waals surface area contributed by atoms with Crippen LogP contribution in [0.3, 0.4) is 0 Å². The molecule has 9 rings (SSSR count). The van der Waals surface area contributed by atoms with Crippen molar-refractivity contribution < 1.29 is 0 Å². The van der Waals surface area contributed by atoms with Crippen molar-refractivity contribution in [3.8, 4) is 55.6 Å². The van der Waals surface area contributed by atoms with Gasteiger partial charge in [-0.1, -0.05) is 176 Å². The van der Waals surface area contributed by atoms with E-state index in [1.54, 1.807) is 0 Å². The monoisotopic (exact) mass is 675 g/mol. The Balaban J connectivity index is 1.03. The molecule has 0 radical (unpaired) electrons. The van der Waals surface area contributed by atoms with Gasteiger partial charge >= 0.3 is 0 Å². The van der Waals surface area contributed by atoms with Crippen molar-refractivity contribution in [3.63, 3.8) is 0 Å². The lowest BCUT2D eigenvalue weighted by molar-refractivity contribution is 1.28. The lowest BCUT2D eigenvalue weighted by atomic mass is 9.98. The van der Waals surface area contributed by atoms with Gasteiger partial charge in [0, 0.05) is 17.1 Å². The Labute approximate surface area is 311 Å². The number of nitrogens with zero attached hydrogens (tertiary/aromatic N) is 1. The highest BCUT2D eigenvalue weighted by molar-refractivity contribution is 5.88. The van der Waals surface area contributed by atoms with E-state index in [-0.39, 0.29) is 0 Å². The van der Waals surface area contributed by atoms with Gasteiger partial charge in [-0.25, -0.2) is 0 Å². The van der Waals surface area contributed by atoms with Crippen LogP contribution in [0.4, 0.5) is 17.1 Å². The summed E-state index contributed by atoms with van der Waals surface area (Å²) < 4.78 is 0. The van der Waals surface area contributed by atoms with E-state index in [2.05, 4.69) is 229 Å². The summed E-state index contributed by atoms with van der Waals surface area (Å²) in [6.45, 7) is 0. The van der Waals surface area contributed by atoms with E-state index in [1.165, 1.54) is 66.4 Å². The first kappa shape index (κ1) is 32.0. The smallest absolute Gasteiger partial charge is 0.0462 e. The summed E-state index contributed by atoms with van der Waals surface area (Å²) in [5, 5.41) is 2.52. The maximum atomic E-state index is 2.34. The van der Waals surface area contributed by atoms with Crippen molar-refractivity contribution in [3.05, 3.63) is 224 Å². The zero-order valence-corrected chi connectivity index (χ0v) is 29.3. The molecular formula is C52H37N. The molecule has 9 aromatic carbocycles. The van der Waals surface area contributed by atoms with Crippen molar-refractivity contribution in [2.24, 2.45) is 0 Å². The van der Waals surface area contributed by atoms with Gasteiger partial charge in [0.05, 0.1) is 0 Å². The Morgan fingerprint density at radius 1 is 0.189 bits per heavy atom. The summed E-state index contributed by atoms with van der Waals surface area (Å²) in [5.74, 6) is 0. The second-order valence-electron chi connectivity index (χ2n) is 13.4. The van der Waals surface area contributed by atoms with Crippen LogP contribution in [-0.2, 0) is 0 Å². The zero-order chi connectivity index (χ0) is 35.4. The predicted octanol–water partition coefficient (Wildman–Crippen LogP) is 14.6.